The maximum atomic E-state index is 12.3. The first-order valence-electron chi connectivity index (χ1n) is 9.22. The molecule has 0 unspecified atom stereocenters. The fourth-order valence-corrected chi connectivity index (χ4v) is 3.92. The van der Waals surface area contributed by atoms with E-state index in [0.29, 0.717) is 29.6 Å². The van der Waals surface area contributed by atoms with Crippen LogP contribution in [0.3, 0.4) is 0 Å². The lowest BCUT2D eigenvalue weighted by Crippen LogP contribution is -2.38. The third kappa shape index (κ3) is 3.38. The van der Waals surface area contributed by atoms with Crippen molar-refractivity contribution in [2.75, 3.05) is 31.1 Å². The van der Waals surface area contributed by atoms with Gasteiger partial charge < -0.3 is 9.80 Å². The summed E-state index contributed by atoms with van der Waals surface area (Å²) in [7, 11) is 0. The molecule has 2 saturated heterocycles. The number of aromatic nitrogens is 2. The molecule has 1 aromatic carbocycles. The quantitative estimate of drug-likeness (QED) is 0.929. The van der Waals surface area contributed by atoms with Crippen LogP contribution in [0.4, 0.5) is 5.95 Å². The van der Waals surface area contributed by atoms with Gasteiger partial charge >= 0.3 is 0 Å². The van der Waals surface area contributed by atoms with E-state index in [-0.39, 0.29) is 5.56 Å². The number of rotatable bonds is 3. The average molecular weight is 340 g/mol. The van der Waals surface area contributed by atoms with Gasteiger partial charge in [-0.1, -0.05) is 12.1 Å². The first-order chi connectivity index (χ1) is 12.2. The van der Waals surface area contributed by atoms with Gasteiger partial charge in [-0.25, -0.2) is 4.98 Å². The number of anilines is 1. The van der Waals surface area contributed by atoms with Crippen LogP contribution in [0.25, 0.3) is 10.9 Å². The van der Waals surface area contributed by atoms with Gasteiger partial charge in [0.25, 0.3) is 5.56 Å². The summed E-state index contributed by atoms with van der Waals surface area (Å²) in [5.74, 6) is 1.40. The van der Waals surface area contributed by atoms with Crippen LogP contribution in [-0.4, -0.2) is 47.0 Å². The Morgan fingerprint density at radius 1 is 1.12 bits per heavy atom. The van der Waals surface area contributed by atoms with Crippen LogP contribution in [0, 0.1) is 5.92 Å². The fraction of sp³-hybridized carbons (Fsp3) is 0.526. The van der Waals surface area contributed by atoms with Crippen molar-refractivity contribution in [1.29, 1.82) is 0 Å². The number of para-hydroxylation sites is 1. The number of fused-ring (bicyclic) bond motifs is 1. The Labute approximate surface area is 146 Å². The van der Waals surface area contributed by atoms with Gasteiger partial charge in [-0.3, -0.25) is 14.6 Å². The van der Waals surface area contributed by atoms with Crippen molar-refractivity contribution in [2.24, 2.45) is 5.92 Å². The Kier molecular flexibility index (Phi) is 4.42. The molecule has 132 valence electrons. The maximum absolute atomic E-state index is 12.3. The van der Waals surface area contributed by atoms with E-state index in [0.717, 1.165) is 57.4 Å². The second-order valence-corrected chi connectivity index (χ2v) is 7.13. The SMILES string of the molecule is O=C(CC1CCN(c2nc3ccccc3c(=O)[nH]2)CC1)N1CCCC1. The third-order valence-electron chi connectivity index (χ3n) is 5.44. The number of amides is 1. The van der Waals surface area contributed by atoms with Crippen molar-refractivity contribution < 1.29 is 4.79 Å². The van der Waals surface area contributed by atoms with E-state index >= 15 is 0 Å². The summed E-state index contributed by atoms with van der Waals surface area (Å²) in [6.45, 7) is 3.53. The Hall–Kier alpha value is -2.37. The highest BCUT2D eigenvalue weighted by Gasteiger charge is 2.26. The van der Waals surface area contributed by atoms with E-state index in [4.69, 9.17) is 0 Å². The molecule has 0 bridgehead atoms. The van der Waals surface area contributed by atoms with Gasteiger partial charge in [0.05, 0.1) is 10.9 Å². The molecule has 0 spiro atoms. The van der Waals surface area contributed by atoms with Gasteiger partial charge in [0, 0.05) is 32.6 Å². The molecule has 25 heavy (non-hydrogen) atoms. The Bertz CT molecular complexity index is 818. The number of hydrogen-bond donors (Lipinski definition) is 1. The van der Waals surface area contributed by atoms with Gasteiger partial charge in [-0.2, -0.15) is 0 Å². The minimum Gasteiger partial charge on any atom is -0.343 e. The Morgan fingerprint density at radius 3 is 2.60 bits per heavy atom. The number of aromatic amines is 1. The van der Waals surface area contributed by atoms with Gasteiger partial charge in [-0.15, -0.1) is 0 Å². The summed E-state index contributed by atoms with van der Waals surface area (Å²) in [5.41, 5.74) is 0.638. The van der Waals surface area contributed by atoms with E-state index in [1.165, 1.54) is 0 Å². The maximum Gasteiger partial charge on any atom is 0.260 e. The minimum absolute atomic E-state index is 0.0908. The molecule has 0 radical (unpaired) electrons. The highest BCUT2D eigenvalue weighted by atomic mass is 16.2. The molecule has 3 heterocycles. The molecule has 0 saturated carbocycles. The first kappa shape index (κ1) is 16.1. The van der Waals surface area contributed by atoms with Crippen LogP contribution in [0.2, 0.25) is 0 Å². The van der Waals surface area contributed by atoms with Crippen molar-refractivity contribution in [1.82, 2.24) is 14.9 Å². The van der Waals surface area contributed by atoms with Crippen LogP contribution in [0.15, 0.2) is 29.1 Å². The fourth-order valence-electron chi connectivity index (χ4n) is 3.92. The predicted molar refractivity (Wildman–Crippen MR) is 97.7 cm³/mol. The summed E-state index contributed by atoms with van der Waals surface area (Å²) in [6.07, 6.45) is 4.89. The molecule has 1 aromatic heterocycles. The number of likely N-dealkylation sites (tertiary alicyclic amines) is 1. The molecule has 6 nitrogen and oxygen atoms in total. The van der Waals surface area contributed by atoms with Crippen molar-refractivity contribution in [3.05, 3.63) is 34.6 Å². The summed E-state index contributed by atoms with van der Waals surface area (Å²) in [6, 6.07) is 7.41. The highest BCUT2D eigenvalue weighted by Crippen LogP contribution is 2.25. The summed E-state index contributed by atoms with van der Waals surface area (Å²) >= 11 is 0. The molecular formula is C19H24N4O2. The van der Waals surface area contributed by atoms with E-state index in [1.807, 2.05) is 23.1 Å². The number of piperidine rings is 1. The molecule has 2 aliphatic heterocycles. The number of nitrogens with one attached hydrogen (secondary N) is 1. The lowest BCUT2D eigenvalue weighted by Gasteiger charge is -2.32. The number of nitrogens with zero attached hydrogens (tertiary/aromatic N) is 3. The van der Waals surface area contributed by atoms with Crippen LogP contribution in [0.5, 0.6) is 0 Å². The largest absolute Gasteiger partial charge is 0.343 e. The van der Waals surface area contributed by atoms with Gasteiger partial charge in [0.2, 0.25) is 11.9 Å². The van der Waals surface area contributed by atoms with Gasteiger partial charge in [0.1, 0.15) is 0 Å². The van der Waals surface area contributed by atoms with Crippen LogP contribution >= 0.6 is 0 Å². The van der Waals surface area contributed by atoms with Crippen molar-refractivity contribution in [2.45, 2.75) is 32.1 Å². The minimum atomic E-state index is -0.0908. The van der Waals surface area contributed by atoms with E-state index in [2.05, 4.69) is 14.9 Å². The average Bonchev–Trinajstić information content (AvgIpc) is 3.17. The second kappa shape index (κ2) is 6.86. The zero-order chi connectivity index (χ0) is 17.2. The van der Waals surface area contributed by atoms with Crippen molar-refractivity contribution in [3.63, 3.8) is 0 Å². The third-order valence-corrected chi connectivity index (χ3v) is 5.44. The first-order valence-corrected chi connectivity index (χ1v) is 9.22. The van der Waals surface area contributed by atoms with Crippen LogP contribution in [0.1, 0.15) is 32.1 Å². The molecule has 6 heteroatoms. The standard InChI is InChI=1S/C19H24N4O2/c24-17(22-9-3-4-10-22)13-14-7-11-23(12-8-14)19-20-16-6-2-1-5-15(16)18(25)21-19/h1-2,5-6,14H,3-4,7-13H2,(H,20,21,25). The zero-order valence-corrected chi connectivity index (χ0v) is 14.4. The summed E-state index contributed by atoms with van der Waals surface area (Å²) in [5, 5.41) is 0.623. The van der Waals surface area contributed by atoms with Crippen LogP contribution in [-0.2, 0) is 4.79 Å². The smallest absolute Gasteiger partial charge is 0.260 e. The van der Waals surface area contributed by atoms with E-state index < -0.39 is 0 Å². The predicted octanol–water partition coefficient (Wildman–Crippen LogP) is 2.15. The second-order valence-electron chi connectivity index (χ2n) is 7.13. The number of H-pyrrole nitrogens is 1. The molecule has 1 N–H and O–H groups in total. The lowest BCUT2D eigenvalue weighted by molar-refractivity contribution is -0.131. The molecule has 2 fully saturated rings. The lowest BCUT2D eigenvalue weighted by atomic mass is 9.93. The molecule has 2 aromatic rings. The van der Waals surface area contributed by atoms with Gasteiger partial charge in [-0.05, 0) is 43.7 Å². The number of benzene rings is 1. The number of hydrogen-bond acceptors (Lipinski definition) is 4. The number of carbonyl (C=O) groups excluding carboxylic acids is 1. The summed E-state index contributed by atoms with van der Waals surface area (Å²) in [4.78, 5) is 36.2. The van der Waals surface area contributed by atoms with Crippen LogP contribution < -0.4 is 10.5 Å². The Balaban J connectivity index is 1.40. The van der Waals surface area contributed by atoms with Gasteiger partial charge in [0.15, 0.2) is 0 Å². The molecule has 1 amide bonds. The molecule has 0 aliphatic carbocycles. The number of carbonyl (C=O) groups is 1. The topological polar surface area (TPSA) is 69.3 Å². The van der Waals surface area contributed by atoms with E-state index in [1.54, 1.807) is 6.07 Å². The van der Waals surface area contributed by atoms with Crippen molar-refractivity contribution in [3.8, 4) is 0 Å². The zero-order valence-electron chi connectivity index (χ0n) is 14.4. The summed E-state index contributed by atoms with van der Waals surface area (Å²) < 4.78 is 0. The van der Waals surface area contributed by atoms with Crippen molar-refractivity contribution >= 4 is 22.8 Å². The molecule has 2 aliphatic rings. The molecular weight excluding hydrogens is 316 g/mol. The normalized spacial score (nSPS) is 18.9. The van der Waals surface area contributed by atoms with E-state index in [9.17, 15) is 9.59 Å². The Morgan fingerprint density at radius 2 is 1.84 bits per heavy atom. The molecule has 0 atom stereocenters. The highest BCUT2D eigenvalue weighted by molar-refractivity contribution is 5.78. The molecule has 4 rings (SSSR count). The monoisotopic (exact) mass is 340 g/mol.